The fourth-order valence-corrected chi connectivity index (χ4v) is 2.49. The maximum atomic E-state index is 12.5. The third-order valence-corrected chi connectivity index (χ3v) is 3.39. The van der Waals surface area contributed by atoms with Crippen LogP contribution in [0.25, 0.3) is 0 Å². The maximum Gasteiger partial charge on any atom is 0.255 e. The monoisotopic (exact) mass is 268 g/mol. The van der Waals surface area contributed by atoms with Crippen molar-refractivity contribution >= 4 is 5.91 Å². The number of alkyl halides is 2. The lowest BCUT2D eigenvalue weighted by atomic mass is 10.1. The van der Waals surface area contributed by atoms with Gasteiger partial charge in [-0.1, -0.05) is 6.07 Å². The molecule has 0 aromatic heterocycles. The molecule has 5 heteroatoms. The first-order valence-electron chi connectivity index (χ1n) is 6.51. The Balaban J connectivity index is 2.16. The van der Waals surface area contributed by atoms with Crippen LogP contribution in [-0.2, 0) is 12.8 Å². The number of nitrogens with two attached hydrogens (primary N) is 1. The minimum absolute atomic E-state index is 0.153. The summed E-state index contributed by atoms with van der Waals surface area (Å²) in [5.74, 6) is -0.361. The molecular weight excluding hydrogens is 250 g/mol. The molecule has 0 heterocycles. The van der Waals surface area contributed by atoms with Crippen LogP contribution in [0.5, 0.6) is 0 Å². The second kappa shape index (κ2) is 6.10. The lowest BCUT2D eigenvalue weighted by Gasteiger charge is -2.21. The van der Waals surface area contributed by atoms with Crippen molar-refractivity contribution in [1.29, 1.82) is 0 Å². The van der Waals surface area contributed by atoms with Crippen LogP contribution in [-0.4, -0.2) is 36.9 Å². The molecule has 2 rings (SSSR count). The molecule has 0 radical (unpaired) electrons. The Bertz CT molecular complexity index is 463. The van der Waals surface area contributed by atoms with E-state index in [0.717, 1.165) is 29.7 Å². The summed E-state index contributed by atoms with van der Waals surface area (Å²) in [5, 5.41) is 0. The molecule has 0 saturated carbocycles. The third kappa shape index (κ3) is 3.29. The lowest BCUT2D eigenvalue weighted by molar-refractivity contribution is 0.0563. The molecular formula is C14H18F2N2O. The number of hydrogen-bond acceptors (Lipinski definition) is 2. The molecule has 3 nitrogen and oxygen atoms in total. The minimum atomic E-state index is -2.54. The van der Waals surface area contributed by atoms with Gasteiger partial charge in [0.05, 0.1) is 6.54 Å². The highest BCUT2D eigenvalue weighted by Gasteiger charge is 2.20. The fraction of sp³-hybridized carbons (Fsp3) is 0.500. The summed E-state index contributed by atoms with van der Waals surface area (Å²) in [6.07, 6.45) is 0.552. The van der Waals surface area contributed by atoms with E-state index in [-0.39, 0.29) is 19.0 Å². The van der Waals surface area contributed by atoms with E-state index in [1.165, 1.54) is 5.56 Å². The predicted molar refractivity (Wildman–Crippen MR) is 69.4 cm³/mol. The van der Waals surface area contributed by atoms with Crippen molar-refractivity contribution in [2.45, 2.75) is 25.7 Å². The zero-order chi connectivity index (χ0) is 13.8. The molecule has 0 saturated heterocycles. The molecule has 1 aliphatic rings. The number of benzene rings is 1. The first-order valence-corrected chi connectivity index (χ1v) is 6.51. The highest BCUT2D eigenvalue weighted by molar-refractivity contribution is 5.94. The Labute approximate surface area is 111 Å². The number of carbonyl (C=O) groups excluding carboxylic acids is 1. The third-order valence-electron chi connectivity index (χ3n) is 3.39. The van der Waals surface area contributed by atoms with Gasteiger partial charge in [-0.2, -0.15) is 0 Å². The van der Waals surface area contributed by atoms with Crippen LogP contribution in [0.15, 0.2) is 18.2 Å². The van der Waals surface area contributed by atoms with Gasteiger partial charge in [-0.15, -0.1) is 0 Å². The van der Waals surface area contributed by atoms with E-state index < -0.39 is 13.0 Å². The molecule has 0 fully saturated rings. The second-order valence-electron chi connectivity index (χ2n) is 4.77. The number of halogens is 2. The van der Waals surface area contributed by atoms with Crippen LogP contribution < -0.4 is 5.73 Å². The predicted octanol–water partition coefficient (Wildman–Crippen LogP) is 1.84. The number of aryl methyl sites for hydroxylation is 2. The normalized spacial score (nSPS) is 13.7. The van der Waals surface area contributed by atoms with Crippen LogP contribution in [0.4, 0.5) is 8.78 Å². The average molecular weight is 268 g/mol. The van der Waals surface area contributed by atoms with Gasteiger partial charge in [-0.05, 0) is 42.5 Å². The van der Waals surface area contributed by atoms with E-state index in [1.807, 2.05) is 12.1 Å². The van der Waals surface area contributed by atoms with Gasteiger partial charge >= 0.3 is 0 Å². The molecule has 2 N–H and O–H groups in total. The second-order valence-corrected chi connectivity index (χ2v) is 4.77. The smallest absolute Gasteiger partial charge is 0.255 e. The molecule has 0 atom stereocenters. The Morgan fingerprint density at radius 2 is 2.05 bits per heavy atom. The highest BCUT2D eigenvalue weighted by Crippen LogP contribution is 2.23. The van der Waals surface area contributed by atoms with E-state index in [1.54, 1.807) is 6.07 Å². The Morgan fingerprint density at radius 3 is 2.74 bits per heavy atom. The van der Waals surface area contributed by atoms with Crippen molar-refractivity contribution in [2.75, 3.05) is 19.6 Å². The summed E-state index contributed by atoms with van der Waals surface area (Å²) in [7, 11) is 0. The Hall–Kier alpha value is -1.49. The minimum Gasteiger partial charge on any atom is -0.332 e. The van der Waals surface area contributed by atoms with Gasteiger partial charge in [0.1, 0.15) is 0 Å². The highest BCUT2D eigenvalue weighted by atomic mass is 19.3. The Kier molecular flexibility index (Phi) is 4.47. The van der Waals surface area contributed by atoms with Gasteiger partial charge in [0.2, 0.25) is 0 Å². The molecule has 0 bridgehead atoms. The van der Waals surface area contributed by atoms with E-state index >= 15 is 0 Å². The molecule has 1 amide bonds. The Morgan fingerprint density at radius 1 is 1.32 bits per heavy atom. The molecule has 104 valence electrons. The number of rotatable bonds is 5. The van der Waals surface area contributed by atoms with Crippen molar-refractivity contribution in [1.82, 2.24) is 4.90 Å². The van der Waals surface area contributed by atoms with Gasteiger partial charge in [0.25, 0.3) is 12.3 Å². The molecule has 0 unspecified atom stereocenters. The van der Waals surface area contributed by atoms with Crippen molar-refractivity contribution in [3.8, 4) is 0 Å². The number of amides is 1. The first-order chi connectivity index (χ1) is 9.11. The van der Waals surface area contributed by atoms with Crippen LogP contribution >= 0.6 is 0 Å². The maximum absolute atomic E-state index is 12.5. The van der Waals surface area contributed by atoms with Gasteiger partial charge in [0.15, 0.2) is 0 Å². The molecule has 1 aromatic rings. The van der Waals surface area contributed by atoms with Crippen molar-refractivity contribution < 1.29 is 13.6 Å². The summed E-state index contributed by atoms with van der Waals surface area (Å²) in [5.41, 5.74) is 8.28. The quantitative estimate of drug-likeness (QED) is 0.885. The largest absolute Gasteiger partial charge is 0.332 e. The van der Waals surface area contributed by atoms with Crippen LogP contribution in [0.1, 0.15) is 27.9 Å². The van der Waals surface area contributed by atoms with E-state index in [4.69, 9.17) is 5.73 Å². The fourth-order valence-electron chi connectivity index (χ4n) is 2.49. The lowest BCUT2D eigenvalue weighted by Crippen LogP contribution is -2.38. The van der Waals surface area contributed by atoms with Crippen LogP contribution in [0, 0.1) is 0 Å². The van der Waals surface area contributed by atoms with Crippen molar-refractivity contribution in [2.24, 2.45) is 5.73 Å². The summed E-state index contributed by atoms with van der Waals surface area (Å²) in [6, 6.07) is 5.49. The van der Waals surface area contributed by atoms with Gasteiger partial charge < -0.3 is 10.6 Å². The summed E-state index contributed by atoms with van der Waals surface area (Å²) in [4.78, 5) is 13.3. The van der Waals surface area contributed by atoms with E-state index in [2.05, 4.69) is 0 Å². The molecule has 0 aliphatic heterocycles. The number of fused-ring (bicyclic) bond motifs is 1. The first kappa shape index (κ1) is 13.9. The molecule has 0 spiro atoms. The topological polar surface area (TPSA) is 46.3 Å². The molecule has 19 heavy (non-hydrogen) atoms. The summed E-state index contributed by atoms with van der Waals surface area (Å²) < 4.78 is 24.9. The summed E-state index contributed by atoms with van der Waals surface area (Å²) >= 11 is 0. The summed E-state index contributed by atoms with van der Waals surface area (Å²) in [6.45, 7) is -0.225. The van der Waals surface area contributed by atoms with Crippen molar-refractivity contribution in [3.05, 3.63) is 34.9 Å². The van der Waals surface area contributed by atoms with Crippen LogP contribution in [0.3, 0.4) is 0 Å². The molecule has 1 aromatic carbocycles. The SMILES string of the molecule is NCCN(CC(F)F)C(=O)c1ccc2c(c1)CCC2. The van der Waals surface area contributed by atoms with Gasteiger partial charge in [-0.25, -0.2) is 8.78 Å². The van der Waals surface area contributed by atoms with Crippen LogP contribution in [0.2, 0.25) is 0 Å². The molecule has 1 aliphatic carbocycles. The van der Waals surface area contributed by atoms with Crippen molar-refractivity contribution in [3.63, 3.8) is 0 Å². The van der Waals surface area contributed by atoms with E-state index in [0.29, 0.717) is 5.56 Å². The number of nitrogens with zero attached hydrogens (tertiary/aromatic N) is 1. The van der Waals surface area contributed by atoms with Gasteiger partial charge in [-0.3, -0.25) is 4.79 Å². The zero-order valence-electron chi connectivity index (χ0n) is 10.7. The number of carbonyl (C=O) groups is 1. The zero-order valence-corrected chi connectivity index (χ0v) is 10.7. The van der Waals surface area contributed by atoms with E-state index in [9.17, 15) is 13.6 Å². The average Bonchev–Trinajstić information content (AvgIpc) is 2.84. The number of hydrogen-bond donors (Lipinski definition) is 1. The van der Waals surface area contributed by atoms with Gasteiger partial charge in [0, 0.05) is 18.7 Å². The standard InChI is InChI=1S/C14H18F2N2O/c15-13(16)9-18(7-6-17)14(19)12-5-4-10-2-1-3-11(10)8-12/h4-5,8,13H,1-3,6-7,9,17H2.